The summed E-state index contributed by atoms with van der Waals surface area (Å²) in [5.74, 6) is 0.00450. The molecule has 12 nitrogen and oxygen atoms in total. The number of para-hydroxylation sites is 2. The molecular formula is C31H39N5O7S. The number of imidazole rings is 1. The first-order valence-corrected chi connectivity index (χ1v) is 15.6. The Kier molecular flexibility index (Phi) is 12.6. The van der Waals surface area contributed by atoms with E-state index < -0.39 is 11.9 Å². The Morgan fingerprint density at radius 1 is 1.00 bits per heavy atom. The highest BCUT2D eigenvalue weighted by Crippen LogP contribution is 2.34. The van der Waals surface area contributed by atoms with Gasteiger partial charge in [0.2, 0.25) is 5.91 Å². The van der Waals surface area contributed by atoms with Crippen molar-refractivity contribution in [2.24, 2.45) is 0 Å². The van der Waals surface area contributed by atoms with Gasteiger partial charge in [-0.2, -0.15) is 0 Å². The van der Waals surface area contributed by atoms with Crippen LogP contribution in [0.2, 0.25) is 0 Å². The van der Waals surface area contributed by atoms with Crippen LogP contribution >= 0.6 is 11.8 Å². The number of rotatable bonds is 13. The van der Waals surface area contributed by atoms with Crippen molar-refractivity contribution in [2.45, 2.75) is 31.3 Å². The fourth-order valence-corrected chi connectivity index (χ4v) is 5.77. The van der Waals surface area contributed by atoms with E-state index in [2.05, 4.69) is 43.9 Å². The minimum absolute atomic E-state index is 0.0569. The van der Waals surface area contributed by atoms with Gasteiger partial charge in [-0.3, -0.25) is 9.69 Å². The van der Waals surface area contributed by atoms with Crippen molar-refractivity contribution in [1.29, 1.82) is 0 Å². The number of hydrogen-bond acceptors (Lipinski definition) is 9. The summed E-state index contributed by atoms with van der Waals surface area (Å²) in [6, 6.07) is 14.3. The molecule has 2 aliphatic rings. The highest BCUT2D eigenvalue weighted by atomic mass is 32.2. The maximum absolute atomic E-state index is 11.5. The average molecular weight is 626 g/mol. The number of aromatic nitrogens is 2. The molecule has 2 aliphatic heterocycles. The number of thioether (sulfide) groups is 1. The van der Waals surface area contributed by atoms with Gasteiger partial charge in [0.25, 0.3) is 0 Å². The predicted molar refractivity (Wildman–Crippen MR) is 168 cm³/mol. The summed E-state index contributed by atoms with van der Waals surface area (Å²) in [5.41, 5.74) is 3.13. The Morgan fingerprint density at radius 3 is 2.45 bits per heavy atom. The van der Waals surface area contributed by atoms with Gasteiger partial charge in [-0.25, -0.2) is 14.6 Å². The Hall–Kier alpha value is -3.91. The number of benzene rings is 2. The molecule has 5 rings (SSSR count). The Labute approximate surface area is 260 Å². The molecule has 0 bridgehead atoms. The number of piperazine rings is 1. The summed E-state index contributed by atoms with van der Waals surface area (Å²) in [6.07, 6.45) is 2.11. The second-order valence-electron chi connectivity index (χ2n) is 10.2. The molecule has 3 N–H and O–H groups in total. The van der Waals surface area contributed by atoms with Gasteiger partial charge in [-0.05, 0) is 43.7 Å². The average Bonchev–Trinajstić information content (AvgIpc) is 3.36. The van der Waals surface area contributed by atoms with Crippen LogP contribution in [-0.2, 0) is 32.2 Å². The van der Waals surface area contributed by atoms with Crippen LogP contribution in [-0.4, -0.2) is 106 Å². The summed E-state index contributed by atoms with van der Waals surface area (Å²) in [5, 5.41) is 18.5. The second-order valence-corrected chi connectivity index (χ2v) is 11.2. The van der Waals surface area contributed by atoms with E-state index in [0.29, 0.717) is 31.1 Å². The molecule has 3 heterocycles. The highest BCUT2D eigenvalue weighted by molar-refractivity contribution is 8.00. The molecule has 236 valence electrons. The third-order valence-corrected chi connectivity index (χ3v) is 8.12. The molecule has 0 spiro atoms. The summed E-state index contributed by atoms with van der Waals surface area (Å²) in [6.45, 7) is 11.1. The van der Waals surface area contributed by atoms with Gasteiger partial charge in [-0.1, -0.05) is 12.1 Å². The topological polar surface area (TPSA) is 146 Å². The van der Waals surface area contributed by atoms with Crippen LogP contribution in [0.1, 0.15) is 19.2 Å². The van der Waals surface area contributed by atoms with Gasteiger partial charge in [0.15, 0.2) is 0 Å². The first-order valence-electron chi connectivity index (χ1n) is 14.6. The molecule has 0 radical (unpaired) electrons. The number of carboxylic acid groups (broad SMARTS) is 2. The fraction of sp³-hybridized carbons (Fsp3) is 0.419. The zero-order chi connectivity index (χ0) is 31.3. The summed E-state index contributed by atoms with van der Waals surface area (Å²) >= 11 is 1.56. The predicted octanol–water partition coefficient (Wildman–Crippen LogP) is 3.42. The van der Waals surface area contributed by atoms with E-state index in [1.807, 2.05) is 25.1 Å². The SMILES string of the molecule is CCOCCn1c(CN2CCN(CCCOc3ccc4c(c3)SCC(=O)N4)CC2)nc2ccccc21.O=C(O)/C=C\C(=O)O. The van der Waals surface area contributed by atoms with Gasteiger partial charge in [0.1, 0.15) is 11.6 Å². The molecule has 1 fully saturated rings. The number of carbonyl (C=O) groups excluding carboxylic acids is 1. The lowest BCUT2D eigenvalue weighted by Crippen LogP contribution is -2.46. The maximum atomic E-state index is 11.5. The number of hydrogen-bond donors (Lipinski definition) is 3. The van der Waals surface area contributed by atoms with Gasteiger partial charge < -0.3 is 34.5 Å². The van der Waals surface area contributed by atoms with E-state index in [1.165, 1.54) is 5.52 Å². The van der Waals surface area contributed by atoms with E-state index in [9.17, 15) is 14.4 Å². The van der Waals surface area contributed by atoms with Gasteiger partial charge in [0, 0.05) is 62.9 Å². The maximum Gasteiger partial charge on any atom is 0.328 e. The Balaban J connectivity index is 0.000000488. The minimum atomic E-state index is -1.26. The van der Waals surface area contributed by atoms with E-state index in [0.717, 1.165) is 86.5 Å². The van der Waals surface area contributed by atoms with Gasteiger partial charge >= 0.3 is 11.9 Å². The molecule has 13 heteroatoms. The molecule has 1 saturated heterocycles. The van der Waals surface area contributed by atoms with E-state index in [-0.39, 0.29) is 5.91 Å². The molecule has 0 atom stereocenters. The van der Waals surface area contributed by atoms with Gasteiger partial charge in [0.05, 0.1) is 42.2 Å². The van der Waals surface area contributed by atoms with Crippen molar-refractivity contribution in [3.05, 3.63) is 60.4 Å². The van der Waals surface area contributed by atoms with Crippen molar-refractivity contribution in [1.82, 2.24) is 19.4 Å². The number of nitrogens with zero attached hydrogens (tertiary/aromatic N) is 4. The number of amides is 1. The number of carbonyl (C=O) groups is 3. The number of carboxylic acids is 2. The Morgan fingerprint density at radius 2 is 1.73 bits per heavy atom. The molecule has 0 saturated carbocycles. The third kappa shape index (κ3) is 10.1. The molecule has 0 unspecified atom stereocenters. The monoisotopic (exact) mass is 625 g/mol. The van der Waals surface area contributed by atoms with Crippen molar-refractivity contribution in [3.8, 4) is 5.75 Å². The lowest BCUT2D eigenvalue weighted by atomic mass is 10.2. The van der Waals surface area contributed by atoms with Crippen LogP contribution in [0, 0.1) is 0 Å². The molecule has 44 heavy (non-hydrogen) atoms. The molecule has 0 aliphatic carbocycles. The molecule has 2 aromatic carbocycles. The fourth-order valence-electron chi connectivity index (χ4n) is 4.93. The molecule has 1 amide bonds. The van der Waals surface area contributed by atoms with Crippen LogP contribution in [0.4, 0.5) is 5.69 Å². The first-order chi connectivity index (χ1) is 21.3. The highest BCUT2D eigenvalue weighted by Gasteiger charge is 2.20. The summed E-state index contributed by atoms with van der Waals surface area (Å²) in [7, 11) is 0. The van der Waals surface area contributed by atoms with Crippen molar-refractivity contribution in [2.75, 3.05) is 63.6 Å². The second kappa shape index (κ2) is 16.8. The largest absolute Gasteiger partial charge is 0.494 e. The number of nitrogens with one attached hydrogen (secondary N) is 1. The van der Waals surface area contributed by atoms with Crippen LogP contribution in [0.3, 0.4) is 0 Å². The van der Waals surface area contributed by atoms with E-state index in [1.54, 1.807) is 11.8 Å². The van der Waals surface area contributed by atoms with Crippen LogP contribution in [0.15, 0.2) is 59.5 Å². The first kappa shape index (κ1) is 33.0. The van der Waals surface area contributed by atoms with Crippen molar-refractivity contribution in [3.63, 3.8) is 0 Å². The number of fused-ring (bicyclic) bond motifs is 2. The standard InChI is InChI=1S/C27H35N5O3S.C4H4O4/c1-2-34-17-15-32-24-7-4-3-6-22(24)28-26(32)19-31-13-11-30(12-14-31)10-5-16-35-21-8-9-23-25(18-21)36-20-27(33)29-23;5-3(6)1-2-4(7)8/h3-4,6-9,18H,2,5,10-17,19-20H2,1H3,(H,29,33);1-2H,(H,5,6)(H,7,8)/b;2-1-. The van der Waals surface area contributed by atoms with Crippen molar-refractivity contribution < 1.29 is 34.1 Å². The Bertz CT molecular complexity index is 1440. The van der Waals surface area contributed by atoms with Crippen LogP contribution < -0.4 is 10.1 Å². The zero-order valence-electron chi connectivity index (χ0n) is 24.8. The van der Waals surface area contributed by atoms with E-state index >= 15 is 0 Å². The molecule has 1 aromatic heterocycles. The lowest BCUT2D eigenvalue weighted by molar-refractivity contribution is -0.134. The third-order valence-electron chi connectivity index (χ3n) is 7.07. The quantitative estimate of drug-likeness (QED) is 0.190. The molecular weight excluding hydrogens is 586 g/mol. The lowest BCUT2D eigenvalue weighted by Gasteiger charge is -2.34. The number of aliphatic carboxylic acids is 2. The summed E-state index contributed by atoms with van der Waals surface area (Å²) in [4.78, 5) is 41.7. The number of ether oxygens (including phenoxy) is 2. The molecule has 3 aromatic rings. The minimum Gasteiger partial charge on any atom is -0.494 e. The zero-order valence-corrected chi connectivity index (χ0v) is 25.6. The summed E-state index contributed by atoms with van der Waals surface area (Å²) < 4.78 is 13.9. The van der Waals surface area contributed by atoms with E-state index in [4.69, 9.17) is 24.7 Å². The normalized spacial score (nSPS) is 15.4. The smallest absolute Gasteiger partial charge is 0.328 e. The van der Waals surface area contributed by atoms with Crippen molar-refractivity contribution >= 4 is 46.3 Å². The van der Waals surface area contributed by atoms with Crippen LogP contribution in [0.25, 0.3) is 11.0 Å². The number of anilines is 1. The van der Waals surface area contributed by atoms with Crippen LogP contribution in [0.5, 0.6) is 5.75 Å². The van der Waals surface area contributed by atoms with Gasteiger partial charge in [-0.15, -0.1) is 11.8 Å².